The average Bonchev–Trinajstić information content (AvgIpc) is 3.96. The summed E-state index contributed by atoms with van der Waals surface area (Å²) in [4.78, 5) is 32.0. The first-order chi connectivity index (χ1) is 24.6. The molecule has 6 N–H and O–H groups in total. The van der Waals surface area contributed by atoms with Crippen LogP contribution in [0.3, 0.4) is 0 Å². The van der Waals surface area contributed by atoms with Crippen LogP contribution in [0.4, 0.5) is 11.4 Å². The van der Waals surface area contributed by atoms with Crippen molar-refractivity contribution >= 4 is 45.0 Å². The molecule has 0 bridgehead atoms. The van der Waals surface area contributed by atoms with Crippen molar-refractivity contribution in [3.63, 3.8) is 0 Å². The monoisotopic (exact) mass is 656 g/mol. The lowest BCUT2D eigenvalue weighted by Crippen LogP contribution is -2.11. The Labute approximate surface area is 286 Å². The maximum Gasteiger partial charge on any atom is 0.255 e. The number of nitrogens with one attached hydrogen (secondary N) is 6. The van der Waals surface area contributed by atoms with Gasteiger partial charge in [-0.15, -0.1) is 0 Å². The third kappa shape index (κ3) is 5.23. The summed E-state index contributed by atoms with van der Waals surface area (Å²) in [7, 11) is 0. The van der Waals surface area contributed by atoms with Gasteiger partial charge in [0.25, 0.3) is 11.8 Å². The molecule has 0 radical (unpaired) electrons. The SMILES string of the molecule is O=C(Nc1ccccc1)c1ccc2[nH]c3c(c2c1)CCc1cn[nH]c1-3.O=C(Nc1ccccc1)c1ccc2c3c([nH]c2c1)-c1[nH]ncc1CC3. The zero-order valence-corrected chi connectivity index (χ0v) is 26.9. The lowest BCUT2D eigenvalue weighted by Gasteiger charge is -2.11. The summed E-state index contributed by atoms with van der Waals surface area (Å²) in [5.74, 6) is -0.205. The van der Waals surface area contributed by atoms with E-state index < -0.39 is 0 Å². The summed E-state index contributed by atoms with van der Waals surface area (Å²) >= 11 is 0. The molecular formula is C40H32N8O2. The normalized spacial score (nSPS) is 12.6. The Morgan fingerprint density at radius 2 is 1.04 bits per heavy atom. The van der Waals surface area contributed by atoms with Gasteiger partial charge in [-0.25, -0.2) is 0 Å². The highest BCUT2D eigenvalue weighted by Crippen LogP contribution is 2.38. The Morgan fingerprint density at radius 3 is 1.64 bits per heavy atom. The van der Waals surface area contributed by atoms with E-state index in [4.69, 9.17) is 0 Å². The molecule has 4 aromatic heterocycles. The van der Waals surface area contributed by atoms with Crippen LogP contribution in [0.2, 0.25) is 0 Å². The molecule has 10 rings (SSSR count). The number of hydrogen-bond acceptors (Lipinski definition) is 4. The standard InChI is InChI=1S/2C20H16N4O/c25-20(22-14-4-2-1-3-5-14)12-7-9-17-16(10-12)15-8-6-13-11-21-24-18(13)19(15)23-17;25-20(22-14-4-2-1-3-5-14)12-6-8-15-16-9-7-13-11-21-24-18(13)19(16)23-17(15)10-12/h1-5,7,9-11,23H,6,8H2,(H,21,24)(H,22,25);1-6,8,10-11,23H,7,9H2,(H,21,24)(H,22,25). The fraction of sp³-hybridized carbons (Fsp3) is 0.100. The Bertz CT molecular complexity index is 2510. The smallest absolute Gasteiger partial charge is 0.255 e. The number of aromatic nitrogens is 6. The molecule has 0 fully saturated rings. The Balaban J connectivity index is 0.000000135. The second-order valence-electron chi connectivity index (χ2n) is 12.7. The van der Waals surface area contributed by atoms with Crippen LogP contribution >= 0.6 is 0 Å². The van der Waals surface area contributed by atoms with Gasteiger partial charge in [-0.1, -0.05) is 42.5 Å². The highest BCUT2D eigenvalue weighted by atomic mass is 16.2. The number of benzene rings is 4. The molecular weight excluding hydrogens is 624 g/mol. The van der Waals surface area contributed by atoms with Crippen molar-refractivity contribution in [3.05, 3.63) is 143 Å². The van der Waals surface area contributed by atoms with Crippen molar-refractivity contribution in [2.75, 3.05) is 10.6 Å². The van der Waals surface area contributed by atoms with Gasteiger partial charge in [0, 0.05) is 44.3 Å². The van der Waals surface area contributed by atoms with Crippen LogP contribution in [0.5, 0.6) is 0 Å². The topological polar surface area (TPSA) is 147 Å². The molecule has 50 heavy (non-hydrogen) atoms. The van der Waals surface area contributed by atoms with Gasteiger partial charge in [-0.2, -0.15) is 10.2 Å². The Hall–Kier alpha value is -6.68. The van der Waals surface area contributed by atoms with E-state index in [1.807, 2.05) is 109 Å². The van der Waals surface area contributed by atoms with Crippen molar-refractivity contribution in [2.45, 2.75) is 25.7 Å². The molecule has 244 valence electrons. The van der Waals surface area contributed by atoms with E-state index in [1.165, 1.54) is 27.6 Å². The van der Waals surface area contributed by atoms with E-state index in [1.54, 1.807) is 0 Å². The van der Waals surface area contributed by atoms with Gasteiger partial charge in [0.2, 0.25) is 0 Å². The van der Waals surface area contributed by atoms with Crippen molar-refractivity contribution in [2.24, 2.45) is 0 Å². The maximum atomic E-state index is 12.6. The second-order valence-corrected chi connectivity index (χ2v) is 12.7. The number of nitrogens with zero attached hydrogens (tertiary/aromatic N) is 2. The quantitative estimate of drug-likeness (QED) is 0.115. The number of hydrogen-bond donors (Lipinski definition) is 6. The van der Waals surface area contributed by atoms with Crippen LogP contribution in [-0.2, 0) is 25.7 Å². The number of H-pyrrole nitrogens is 4. The lowest BCUT2D eigenvalue weighted by molar-refractivity contribution is 0.101. The summed E-state index contributed by atoms with van der Waals surface area (Å²) in [6.45, 7) is 0. The molecule has 2 aliphatic carbocycles. The Morgan fingerprint density at radius 1 is 0.520 bits per heavy atom. The summed E-state index contributed by atoms with van der Waals surface area (Å²) in [6, 6.07) is 30.6. The Kier molecular flexibility index (Phi) is 7.12. The van der Waals surface area contributed by atoms with Gasteiger partial charge in [-0.05, 0) is 103 Å². The molecule has 4 aromatic carbocycles. The third-order valence-electron chi connectivity index (χ3n) is 9.62. The number of anilines is 2. The van der Waals surface area contributed by atoms with E-state index in [9.17, 15) is 9.59 Å². The number of rotatable bonds is 4. The molecule has 2 amide bonds. The van der Waals surface area contributed by atoms with Gasteiger partial charge >= 0.3 is 0 Å². The first-order valence-corrected chi connectivity index (χ1v) is 16.7. The predicted molar refractivity (Wildman–Crippen MR) is 195 cm³/mol. The molecule has 10 nitrogen and oxygen atoms in total. The van der Waals surface area contributed by atoms with Crippen LogP contribution in [0.15, 0.2) is 109 Å². The highest BCUT2D eigenvalue weighted by molar-refractivity contribution is 6.08. The van der Waals surface area contributed by atoms with Crippen LogP contribution in [0.25, 0.3) is 44.6 Å². The fourth-order valence-electron chi connectivity index (χ4n) is 7.13. The van der Waals surface area contributed by atoms with Crippen molar-refractivity contribution < 1.29 is 9.59 Å². The number of fused-ring (bicyclic) bond motifs is 10. The molecule has 8 aromatic rings. The van der Waals surface area contributed by atoms with Crippen LogP contribution in [-0.4, -0.2) is 42.2 Å². The van der Waals surface area contributed by atoms with E-state index in [-0.39, 0.29) is 11.8 Å². The van der Waals surface area contributed by atoms with Crippen LogP contribution in [0, 0.1) is 0 Å². The van der Waals surface area contributed by atoms with Gasteiger partial charge in [-0.3, -0.25) is 19.8 Å². The molecule has 0 saturated carbocycles. The minimum absolute atomic E-state index is 0.0962. The average molecular weight is 657 g/mol. The van der Waals surface area contributed by atoms with Crippen molar-refractivity contribution in [1.29, 1.82) is 0 Å². The van der Waals surface area contributed by atoms with E-state index in [2.05, 4.69) is 41.0 Å². The number of amides is 2. The van der Waals surface area contributed by atoms with Crippen molar-refractivity contribution in [3.8, 4) is 22.8 Å². The van der Waals surface area contributed by atoms with Crippen LogP contribution in [0.1, 0.15) is 43.0 Å². The van der Waals surface area contributed by atoms with Gasteiger partial charge in [0.05, 0.1) is 35.2 Å². The van der Waals surface area contributed by atoms with Crippen LogP contribution < -0.4 is 10.6 Å². The molecule has 0 saturated heterocycles. The number of aromatic amines is 4. The second kappa shape index (κ2) is 12.1. The molecule has 0 spiro atoms. The third-order valence-corrected chi connectivity index (χ3v) is 9.62. The largest absolute Gasteiger partial charge is 0.353 e. The minimum atomic E-state index is -0.108. The zero-order valence-electron chi connectivity index (χ0n) is 26.9. The molecule has 2 aliphatic rings. The number of para-hydroxylation sites is 2. The lowest BCUT2D eigenvalue weighted by atomic mass is 9.93. The molecule has 0 unspecified atom stereocenters. The molecule has 4 heterocycles. The predicted octanol–water partition coefficient (Wildman–Crippen LogP) is 7.82. The first kappa shape index (κ1) is 29.5. The van der Waals surface area contributed by atoms with Gasteiger partial charge in [0.15, 0.2) is 0 Å². The summed E-state index contributed by atoms with van der Waals surface area (Å²) in [5.41, 5.74) is 14.2. The fourth-order valence-corrected chi connectivity index (χ4v) is 7.13. The highest BCUT2D eigenvalue weighted by Gasteiger charge is 2.24. The summed E-state index contributed by atoms with van der Waals surface area (Å²) in [6.07, 6.45) is 7.67. The van der Waals surface area contributed by atoms with Gasteiger partial charge in [0.1, 0.15) is 0 Å². The zero-order chi connectivity index (χ0) is 33.6. The summed E-state index contributed by atoms with van der Waals surface area (Å²) < 4.78 is 0. The summed E-state index contributed by atoms with van der Waals surface area (Å²) in [5, 5.41) is 22.6. The minimum Gasteiger partial charge on any atom is -0.353 e. The molecule has 0 atom stereocenters. The van der Waals surface area contributed by atoms with E-state index >= 15 is 0 Å². The maximum absolute atomic E-state index is 12.6. The molecule has 0 aliphatic heterocycles. The number of carbonyl (C=O) groups excluding carboxylic acids is 2. The first-order valence-electron chi connectivity index (χ1n) is 16.7. The van der Waals surface area contributed by atoms with Gasteiger partial charge < -0.3 is 20.6 Å². The number of carbonyl (C=O) groups is 2. The number of aryl methyl sites for hydroxylation is 4. The van der Waals surface area contributed by atoms with E-state index in [0.717, 1.165) is 76.3 Å². The molecule has 10 heteroatoms. The van der Waals surface area contributed by atoms with E-state index in [0.29, 0.717) is 11.1 Å². The van der Waals surface area contributed by atoms with Crippen molar-refractivity contribution in [1.82, 2.24) is 30.4 Å².